The Morgan fingerprint density at radius 2 is 2.31 bits per heavy atom. The molecule has 0 bridgehead atoms. The van der Waals surface area contributed by atoms with E-state index < -0.39 is 0 Å². The minimum atomic E-state index is 0.418. The fraction of sp³-hybridized carbons (Fsp3) is 0.125. The van der Waals surface area contributed by atoms with Crippen molar-refractivity contribution in [3.63, 3.8) is 0 Å². The normalized spacial score (nSPS) is 9.85. The van der Waals surface area contributed by atoms with Gasteiger partial charge in [-0.3, -0.25) is 0 Å². The van der Waals surface area contributed by atoms with Crippen molar-refractivity contribution in [2.45, 2.75) is 6.92 Å². The van der Waals surface area contributed by atoms with Crippen molar-refractivity contribution < 1.29 is 0 Å². The summed E-state index contributed by atoms with van der Waals surface area (Å²) >= 11 is 2.95. The standard InChI is InChI=1S/C8H5N3S2/c1-5-2-6(12-4-5)8-11-10-7(3-9)13-8/h2,4H,1H3. The highest BCUT2D eigenvalue weighted by atomic mass is 32.1. The molecule has 2 aromatic rings. The molecule has 0 saturated heterocycles. The SMILES string of the molecule is Cc1csc(-c2nnc(C#N)s2)c1. The van der Waals surface area contributed by atoms with Gasteiger partial charge in [0.15, 0.2) is 5.01 Å². The van der Waals surface area contributed by atoms with Crippen LogP contribution in [0.2, 0.25) is 0 Å². The number of aryl methyl sites for hydroxylation is 1. The molecule has 0 fully saturated rings. The number of hydrogen-bond acceptors (Lipinski definition) is 5. The number of nitrogens with zero attached hydrogens (tertiary/aromatic N) is 3. The fourth-order valence-electron chi connectivity index (χ4n) is 0.911. The molecule has 0 N–H and O–H groups in total. The van der Waals surface area contributed by atoms with Gasteiger partial charge >= 0.3 is 0 Å². The molecule has 0 aliphatic carbocycles. The summed E-state index contributed by atoms with van der Waals surface area (Å²) in [5, 5.41) is 19.5. The number of rotatable bonds is 1. The van der Waals surface area contributed by atoms with E-state index in [0.717, 1.165) is 9.88 Å². The van der Waals surface area contributed by atoms with E-state index in [4.69, 9.17) is 5.26 Å². The minimum Gasteiger partial charge on any atom is -0.190 e. The summed E-state index contributed by atoms with van der Waals surface area (Å²) in [5.74, 6) is 0. The van der Waals surface area contributed by atoms with E-state index in [1.165, 1.54) is 16.9 Å². The summed E-state index contributed by atoms with van der Waals surface area (Å²) in [6, 6.07) is 4.02. The number of hydrogen-bond donors (Lipinski definition) is 0. The second-order valence-electron chi connectivity index (χ2n) is 2.51. The van der Waals surface area contributed by atoms with Crippen LogP contribution in [-0.4, -0.2) is 10.2 Å². The lowest BCUT2D eigenvalue weighted by molar-refractivity contribution is 1.08. The highest BCUT2D eigenvalue weighted by molar-refractivity contribution is 7.21. The molecule has 0 aliphatic heterocycles. The second-order valence-corrected chi connectivity index (χ2v) is 4.40. The van der Waals surface area contributed by atoms with Gasteiger partial charge in [-0.25, -0.2) is 0 Å². The van der Waals surface area contributed by atoms with Crippen molar-refractivity contribution in [1.29, 1.82) is 5.26 Å². The van der Waals surface area contributed by atoms with Gasteiger partial charge in [0.25, 0.3) is 0 Å². The van der Waals surface area contributed by atoms with E-state index >= 15 is 0 Å². The monoisotopic (exact) mass is 207 g/mol. The molecule has 0 aromatic carbocycles. The average Bonchev–Trinajstić information content (AvgIpc) is 2.71. The highest BCUT2D eigenvalue weighted by Crippen LogP contribution is 2.28. The van der Waals surface area contributed by atoms with Crippen molar-refractivity contribution >= 4 is 22.7 Å². The minimum absolute atomic E-state index is 0.418. The Hall–Kier alpha value is -1.25. The Balaban J connectivity index is 2.42. The van der Waals surface area contributed by atoms with Crippen LogP contribution in [0.5, 0.6) is 0 Å². The lowest BCUT2D eigenvalue weighted by Crippen LogP contribution is -1.71. The molecule has 0 radical (unpaired) electrons. The van der Waals surface area contributed by atoms with E-state index in [1.54, 1.807) is 11.3 Å². The molecule has 2 rings (SSSR count). The highest BCUT2D eigenvalue weighted by Gasteiger charge is 2.07. The summed E-state index contributed by atoms with van der Waals surface area (Å²) < 4.78 is 0. The van der Waals surface area contributed by atoms with Crippen molar-refractivity contribution in [2.24, 2.45) is 0 Å². The van der Waals surface area contributed by atoms with Gasteiger partial charge in [-0.05, 0) is 23.9 Å². The van der Waals surface area contributed by atoms with Gasteiger partial charge in [-0.1, -0.05) is 11.3 Å². The molecule has 13 heavy (non-hydrogen) atoms. The van der Waals surface area contributed by atoms with Crippen molar-refractivity contribution in [3.05, 3.63) is 22.0 Å². The Labute approximate surface area is 83.3 Å². The number of aromatic nitrogens is 2. The summed E-state index contributed by atoms with van der Waals surface area (Å²) in [6.07, 6.45) is 0. The van der Waals surface area contributed by atoms with Crippen LogP contribution in [0, 0.1) is 18.3 Å². The van der Waals surface area contributed by atoms with Crippen LogP contribution in [0.25, 0.3) is 9.88 Å². The van der Waals surface area contributed by atoms with Gasteiger partial charge < -0.3 is 0 Å². The van der Waals surface area contributed by atoms with Crippen LogP contribution in [0.15, 0.2) is 11.4 Å². The quantitative estimate of drug-likeness (QED) is 0.721. The van der Waals surface area contributed by atoms with Crippen molar-refractivity contribution in [2.75, 3.05) is 0 Å². The molecule has 0 spiro atoms. The largest absolute Gasteiger partial charge is 0.218 e. The lowest BCUT2D eigenvalue weighted by atomic mass is 10.3. The Kier molecular flexibility index (Phi) is 2.08. The molecule has 3 nitrogen and oxygen atoms in total. The Morgan fingerprint density at radius 1 is 1.46 bits per heavy atom. The third-order valence-corrected chi connectivity index (χ3v) is 3.51. The van der Waals surface area contributed by atoms with Gasteiger partial charge in [-0.15, -0.1) is 21.5 Å². The van der Waals surface area contributed by atoms with Gasteiger partial charge in [0.2, 0.25) is 5.01 Å². The van der Waals surface area contributed by atoms with Gasteiger partial charge in [-0.2, -0.15) is 5.26 Å². The molecule has 5 heteroatoms. The number of nitriles is 1. The summed E-state index contributed by atoms with van der Waals surface area (Å²) in [4.78, 5) is 1.08. The summed E-state index contributed by atoms with van der Waals surface area (Å²) in [7, 11) is 0. The molecule has 0 unspecified atom stereocenters. The smallest absolute Gasteiger partial charge is 0.190 e. The van der Waals surface area contributed by atoms with E-state index in [1.807, 2.05) is 19.1 Å². The molecule has 0 saturated carbocycles. The van der Waals surface area contributed by atoms with Crippen molar-refractivity contribution in [3.8, 4) is 16.0 Å². The Bertz CT molecular complexity index is 464. The average molecular weight is 207 g/mol. The molecular formula is C8H5N3S2. The summed E-state index contributed by atoms with van der Waals surface area (Å²) in [5.41, 5.74) is 1.22. The fourth-order valence-corrected chi connectivity index (χ4v) is 2.51. The summed E-state index contributed by atoms with van der Waals surface area (Å²) in [6.45, 7) is 2.03. The van der Waals surface area contributed by atoms with E-state index in [-0.39, 0.29) is 0 Å². The van der Waals surface area contributed by atoms with Crippen LogP contribution in [0.3, 0.4) is 0 Å². The second kappa shape index (κ2) is 3.24. The van der Waals surface area contributed by atoms with E-state index in [2.05, 4.69) is 15.6 Å². The maximum absolute atomic E-state index is 8.56. The zero-order valence-corrected chi connectivity index (χ0v) is 8.45. The third kappa shape index (κ3) is 1.59. The van der Waals surface area contributed by atoms with E-state index in [9.17, 15) is 0 Å². The molecule has 2 heterocycles. The lowest BCUT2D eigenvalue weighted by Gasteiger charge is -1.82. The molecule has 2 aromatic heterocycles. The van der Waals surface area contributed by atoms with E-state index in [0.29, 0.717) is 5.01 Å². The molecule has 0 amide bonds. The number of thiophene rings is 1. The molecule has 0 atom stereocenters. The molecule has 0 aliphatic rings. The third-order valence-electron chi connectivity index (χ3n) is 1.46. The first-order chi connectivity index (χ1) is 6.29. The van der Waals surface area contributed by atoms with Gasteiger partial charge in [0.1, 0.15) is 6.07 Å². The predicted octanol–water partition coefficient (Wildman–Crippen LogP) is 2.45. The van der Waals surface area contributed by atoms with Gasteiger partial charge in [0, 0.05) is 0 Å². The maximum Gasteiger partial charge on any atom is 0.218 e. The molecular weight excluding hydrogens is 202 g/mol. The Morgan fingerprint density at radius 3 is 2.85 bits per heavy atom. The molecule has 64 valence electrons. The van der Waals surface area contributed by atoms with Gasteiger partial charge in [0.05, 0.1) is 4.88 Å². The zero-order chi connectivity index (χ0) is 9.26. The van der Waals surface area contributed by atoms with Crippen LogP contribution >= 0.6 is 22.7 Å². The first-order valence-corrected chi connectivity index (χ1v) is 5.28. The van der Waals surface area contributed by atoms with Crippen LogP contribution in [0.4, 0.5) is 0 Å². The first-order valence-electron chi connectivity index (χ1n) is 3.58. The van der Waals surface area contributed by atoms with Crippen molar-refractivity contribution in [1.82, 2.24) is 10.2 Å². The predicted molar refractivity (Wildman–Crippen MR) is 52.7 cm³/mol. The topological polar surface area (TPSA) is 49.6 Å². The van der Waals surface area contributed by atoms with Crippen LogP contribution in [0.1, 0.15) is 10.6 Å². The maximum atomic E-state index is 8.56. The first kappa shape index (κ1) is 8.35. The van der Waals surface area contributed by atoms with Crippen LogP contribution < -0.4 is 0 Å². The zero-order valence-electron chi connectivity index (χ0n) is 6.81. The van der Waals surface area contributed by atoms with Crippen LogP contribution in [-0.2, 0) is 0 Å².